The van der Waals surface area contributed by atoms with E-state index in [1.165, 1.54) is 14.2 Å². The third kappa shape index (κ3) is 2.07. The summed E-state index contributed by atoms with van der Waals surface area (Å²) in [5, 5.41) is 2.72. The Bertz CT molecular complexity index is 581. The SMILES string of the molecule is CC[C@]1(C(C(=O)OC)C(=O)OC)C(=O)Nc2ccccc21. The standard InChI is InChI=1S/C15H17NO5/c1-4-15(11(12(17)20-2)13(18)21-3)9-7-5-6-8-10(9)16-14(15)19/h5-8,11H,4H2,1-3H3,(H,16,19)/t15-/m0/s1. The molecule has 0 saturated heterocycles. The molecule has 1 heterocycles. The van der Waals surface area contributed by atoms with E-state index < -0.39 is 29.2 Å². The first-order valence-corrected chi connectivity index (χ1v) is 6.59. The number of rotatable bonds is 4. The second-order valence-corrected chi connectivity index (χ2v) is 4.80. The van der Waals surface area contributed by atoms with Gasteiger partial charge in [-0.15, -0.1) is 0 Å². The number of carbonyl (C=O) groups excluding carboxylic acids is 3. The second kappa shape index (κ2) is 5.55. The van der Waals surface area contributed by atoms with Crippen LogP contribution in [0, 0.1) is 5.92 Å². The van der Waals surface area contributed by atoms with Crippen LogP contribution >= 0.6 is 0 Å². The van der Waals surface area contributed by atoms with Crippen molar-refractivity contribution >= 4 is 23.5 Å². The van der Waals surface area contributed by atoms with Gasteiger partial charge in [-0.2, -0.15) is 0 Å². The van der Waals surface area contributed by atoms with Crippen molar-refractivity contribution in [2.75, 3.05) is 19.5 Å². The van der Waals surface area contributed by atoms with Gasteiger partial charge in [0.1, 0.15) is 5.41 Å². The van der Waals surface area contributed by atoms with Crippen molar-refractivity contribution in [1.82, 2.24) is 0 Å². The molecule has 1 aromatic rings. The molecule has 112 valence electrons. The Kier molecular flexibility index (Phi) is 3.97. The molecule has 6 heteroatoms. The summed E-state index contributed by atoms with van der Waals surface area (Å²) < 4.78 is 9.44. The first kappa shape index (κ1) is 15.0. The predicted molar refractivity (Wildman–Crippen MR) is 74.6 cm³/mol. The van der Waals surface area contributed by atoms with Crippen molar-refractivity contribution in [2.45, 2.75) is 18.8 Å². The van der Waals surface area contributed by atoms with E-state index in [-0.39, 0.29) is 6.42 Å². The van der Waals surface area contributed by atoms with E-state index >= 15 is 0 Å². The fraction of sp³-hybridized carbons (Fsp3) is 0.400. The lowest BCUT2D eigenvalue weighted by Gasteiger charge is -2.31. The Labute approximate surface area is 122 Å². The number of methoxy groups -OCH3 is 2. The van der Waals surface area contributed by atoms with Crippen molar-refractivity contribution in [3.63, 3.8) is 0 Å². The average molecular weight is 291 g/mol. The van der Waals surface area contributed by atoms with Gasteiger partial charge in [0.15, 0.2) is 5.92 Å². The minimum Gasteiger partial charge on any atom is -0.468 e. The first-order chi connectivity index (χ1) is 10.0. The second-order valence-electron chi connectivity index (χ2n) is 4.80. The number of amides is 1. The highest BCUT2D eigenvalue weighted by atomic mass is 16.5. The molecule has 0 bridgehead atoms. The maximum absolute atomic E-state index is 12.5. The molecule has 1 amide bonds. The van der Waals surface area contributed by atoms with Gasteiger partial charge in [0.2, 0.25) is 5.91 Å². The van der Waals surface area contributed by atoms with Crippen LogP contribution in [0.25, 0.3) is 0 Å². The number of hydrogen-bond donors (Lipinski definition) is 1. The van der Waals surface area contributed by atoms with Gasteiger partial charge in [0.05, 0.1) is 14.2 Å². The van der Waals surface area contributed by atoms with Crippen LogP contribution in [0.15, 0.2) is 24.3 Å². The first-order valence-electron chi connectivity index (χ1n) is 6.59. The summed E-state index contributed by atoms with van der Waals surface area (Å²) in [5.74, 6) is -3.29. The summed E-state index contributed by atoms with van der Waals surface area (Å²) >= 11 is 0. The third-order valence-electron chi connectivity index (χ3n) is 3.99. The summed E-state index contributed by atoms with van der Waals surface area (Å²) in [4.78, 5) is 36.8. The highest BCUT2D eigenvalue weighted by Gasteiger charge is 2.58. The zero-order valence-corrected chi connectivity index (χ0v) is 12.1. The van der Waals surface area contributed by atoms with Gasteiger partial charge < -0.3 is 14.8 Å². The smallest absolute Gasteiger partial charge is 0.321 e. The van der Waals surface area contributed by atoms with Gasteiger partial charge >= 0.3 is 11.9 Å². The van der Waals surface area contributed by atoms with Crippen LogP contribution in [0.2, 0.25) is 0 Å². The molecule has 1 aliphatic rings. The third-order valence-corrected chi connectivity index (χ3v) is 3.99. The van der Waals surface area contributed by atoms with Crippen LogP contribution < -0.4 is 5.32 Å². The van der Waals surface area contributed by atoms with E-state index in [9.17, 15) is 14.4 Å². The highest BCUT2D eigenvalue weighted by Crippen LogP contribution is 2.46. The number of esters is 2. The average Bonchev–Trinajstić information content (AvgIpc) is 2.79. The molecular weight excluding hydrogens is 274 g/mol. The number of anilines is 1. The molecule has 0 spiro atoms. The van der Waals surface area contributed by atoms with E-state index in [1.807, 2.05) is 0 Å². The molecule has 21 heavy (non-hydrogen) atoms. The van der Waals surface area contributed by atoms with Crippen LogP contribution in [-0.2, 0) is 29.3 Å². The van der Waals surface area contributed by atoms with E-state index in [0.717, 1.165) is 0 Å². The number of ether oxygens (including phenoxy) is 2. The molecular formula is C15H17NO5. The molecule has 0 unspecified atom stereocenters. The molecule has 0 saturated carbocycles. The number of para-hydroxylation sites is 1. The van der Waals surface area contributed by atoms with Gasteiger partial charge in [0.25, 0.3) is 0 Å². The Balaban J connectivity index is 2.66. The maximum atomic E-state index is 12.5. The number of benzene rings is 1. The van der Waals surface area contributed by atoms with Crippen LogP contribution in [0.3, 0.4) is 0 Å². The van der Waals surface area contributed by atoms with E-state index in [1.54, 1.807) is 31.2 Å². The Morgan fingerprint density at radius 3 is 2.29 bits per heavy atom. The van der Waals surface area contributed by atoms with Crippen LogP contribution in [0.4, 0.5) is 5.69 Å². The summed E-state index contributed by atoms with van der Waals surface area (Å²) in [6.45, 7) is 1.75. The Hall–Kier alpha value is -2.37. The molecule has 1 N–H and O–H groups in total. The molecule has 0 radical (unpaired) electrons. The van der Waals surface area contributed by atoms with E-state index in [0.29, 0.717) is 11.3 Å². The molecule has 2 rings (SSSR count). The lowest BCUT2D eigenvalue weighted by atomic mass is 9.69. The summed E-state index contributed by atoms with van der Waals surface area (Å²) in [7, 11) is 2.36. The summed E-state index contributed by atoms with van der Waals surface area (Å²) in [6.07, 6.45) is 0.269. The van der Waals surface area contributed by atoms with Crippen molar-refractivity contribution in [2.24, 2.45) is 5.92 Å². The van der Waals surface area contributed by atoms with Crippen LogP contribution in [-0.4, -0.2) is 32.1 Å². The molecule has 1 atom stereocenters. The monoisotopic (exact) mass is 291 g/mol. The van der Waals surface area contributed by atoms with Crippen molar-refractivity contribution < 1.29 is 23.9 Å². The lowest BCUT2D eigenvalue weighted by Crippen LogP contribution is -2.49. The minimum atomic E-state index is -1.33. The number of carbonyl (C=O) groups is 3. The van der Waals surface area contributed by atoms with E-state index in [2.05, 4.69) is 5.32 Å². The van der Waals surface area contributed by atoms with E-state index in [4.69, 9.17) is 9.47 Å². The highest BCUT2D eigenvalue weighted by molar-refractivity contribution is 6.13. The normalized spacial score (nSPS) is 19.9. The molecule has 6 nitrogen and oxygen atoms in total. The number of nitrogens with one attached hydrogen (secondary N) is 1. The van der Waals surface area contributed by atoms with Crippen molar-refractivity contribution in [1.29, 1.82) is 0 Å². The Morgan fingerprint density at radius 1 is 1.19 bits per heavy atom. The number of hydrogen-bond acceptors (Lipinski definition) is 5. The maximum Gasteiger partial charge on any atom is 0.321 e. The minimum absolute atomic E-state index is 0.269. The molecule has 1 aromatic carbocycles. The zero-order valence-electron chi connectivity index (χ0n) is 12.1. The predicted octanol–water partition coefficient (Wildman–Crippen LogP) is 1.25. The molecule has 0 aromatic heterocycles. The van der Waals surface area contributed by atoms with Gasteiger partial charge in [-0.1, -0.05) is 25.1 Å². The molecule has 1 aliphatic heterocycles. The zero-order chi connectivity index (χ0) is 15.6. The summed E-state index contributed by atoms with van der Waals surface area (Å²) in [5.41, 5.74) is -0.1000. The lowest BCUT2D eigenvalue weighted by molar-refractivity contribution is -0.164. The molecule has 0 aliphatic carbocycles. The quantitative estimate of drug-likeness (QED) is 0.667. The summed E-state index contributed by atoms with van der Waals surface area (Å²) in [6, 6.07) is 7.00. The fourth-order valence-corrected chi connectivity index (χ4v) is 2.91. The largest absolute Gasteiger partial charge is 0.468 e. The van der Waals surface area contributed by atoms with Crippen molar-refractivity contribution in [3.8, 4) is 0 Å². The molecule has 0 fully saturated rings. The van der Waals surface area contributed by atoms with Crippen LogP contribution in [0.5, 0.6) is 0 Å². The van der Waals surface area contributed by atoms with Crippen LogP contribution in [0.1, 0.15) is 18.9 Å². The fourth-order valence-electron chi connectivity index (χ4n) is 2.91. The van der Waals surface area contributed by atoms with Gasteiger partial charge in [0, 0.05) is 5.69 Å². The van der Waals surface area contributed by atoms with Crippen molar-refractivity contribution in [3.05, 3.63) is 29.8 Å². The number of fused-ring (bicyclic) bond motifs is 1. The topological polar surface area (TPSA) is 81.7 Å². The van der Waals surface area contributed by atoms with Gasteiger partial charge in [-0.3, -0.25) is 14.4 Å². The van der Waals surface area contributed by atoms with Gasteiger partial charge in [-0.25, -0.2) is 0 Å². The Morgan fingerprint density at radius 2 is 1.76 bits per heavy atom. The van der Waals surface area contributed by atoms with Gasteiger partial charge in [-0.05, 0) is 18.1 Å².